The summed E-state index contributed by atoms with van der Waals surface area (Å²) in [5, 5.41) is 3.11. The Hall–Kier alpha value is -2.57. The van der Waals surface area contributed by atoms with E-state index in [0.717, 1.165) is 41.3 Å². The van der Waals surface area contributed by atoms with Gasteiger partial charge < -0.3 is 19.5 Å². The molecule has 1 amide bonds. The van der Waals surface area contributed by atoms with E-state index < -0.39 is 6.10 Å². The number of hydrogen-bond donors (Lipinski definition) is 1. The molecule has 0 aliphatic carbocycles. The van der Waals surface area contributed by atoms with Gasteiger partial charge >= 0.3 is 0 Å². The zero-order valence-corrected chi connectivity index (χ0v) is 19.9. The zero-order valence-electron chi connectivity index (χ0n) is 19.9. The van der Waals surface area contributed by atoms with Crippen LogP contribution in [0.25, 0.3) is 0 Å². The Morgan fingerprint density at radius 3 is 2.41 bits per heavy atom. The molecule has 0 aromatic heterocycles. The average molecular weight is 441 g/mol. The zero-order chi connectivity index (χ0) is 23.1. The molecule has 2 atom stereocenters. The molecule has 1 heterocycles. The summed E-state index contributed by atoms with van der Waals surface area (Å²) in [6, 6.07) is 14.3. The van der Waals surface area contributed by atoms with Crippen molar-refractivity contribution in [2.24, 2.45) is 0 Å². The molecule has 174 valence electrons. The lowest BCUT2D eigenvalue weighted by Crippen LogP contribution is -2.46. The lowest BCUT2D eigenvalue weighted by molar-refractivity contribution is -0.127. The number of carbonyl (C=O) groups is 1. The number of rotatable bonds is 9. The molecule has 1 saturated heterocycles. The molecule has 0 saturated carbocycles. The highest BCUT2D eigenvalue weighted by atomic mass is 16.5. The van der Waals surface area contributed by atoms with Gasteiger partial charge in [0.15, 0.2) is 6.10 Å². The van der Waals surface area contributed by atoms with Crippen molar-refractivity contribution >= 4 is 5.91 Å². The Balaban J connectivity index is 1.68. The number of aryl methyl sites for hydroxylation is 1. The van der Waals surface area contributed by atoms with E-state index in [0.29, 0.717) is 25.7 Å². The molecule has 0 spiro atoms. The molecule has 0 bridgehead atoms. The minimum absolute atomic E-state index is 0.0613. The van der Waals surface area contributed by atoms with Crippen molar-refractivity contribution in [1.29, 1.82) is 0 Å². The molecule has 6 nitrogen and oxygen atoms in total. The van der Waals surface area contributed by atoms with Crippen LogP contribution >= 0.6 is 0 Å². The van der Waals surface area contributed by atoms with Crippen LogP contribution in [0.1, 0.15) is 49.4 Å². The Labute approximate surface area is 191 Å². The van der Waals surface area contributed by atoms with E-state index in [1.54, 1.807) is 14.0 Å². The van der Waals surface area contributed by atoms with Crippen molar-refractivity contribution in [2.45, 2.75) is 45.8 Å². The van der Waals surface area contributed by atoms with E-state index >= 15 is 0 Å². The molecule has 6 heteroatoms. The molecule has 1 fully saturated rings. The highest BCUT2D eigenvalue weighted by molar-refractivity contribution is 5.80. The summed E-state index contributed by atoms with van der Waals surface area (Å²) in [5.41, 5.74) is 3.37. The van der Waals surface area contributed by atoms with Crippen LogP contribution in [0.3, 0.4) is 0 Å². The molecule has 1 aliphatic heterocycles. The predicted octanol–water partition coefficient (Wildman–Crippen LogP) is 4.08. The molecule has 3 rings (SSSR count). The van der Waals surface area contributed by atoms with Gasteiger partial charge in [-0.2, -0.15) is 0 Å². The predicted molar refractivity (Wildman–Crippen MR) is 126 cm³/mol. The molecular weight excluding hydrogens is 404 g/mol. The first-order valence-electron chi connectivity index (χ1n) is 11.4. The second-order valence-corrected chi connectivity index (χ2v) is 8.64. The largest absolute Gasteiger partial charge is 0.497 e. The topological polar surface area (TPSA) is 60.0 Å². The molecule has 2 aromatic rings. The second-order valence-electron chi connectivity index (χ2n) is 8.64. The summed E-state index contributed by atoms with van der Waals surface area (Å²) in [4.78, 5) is 15.3. The maximum atomic E-state index is 12.9. The molecule has 1 N–H and O–H groups in total. The minimum atomic E-state index is -0.587. The monoisotopic (exact) mass is 440 g/mol. The molecule has 2 aromatic carbocycles. The van der Waals surface area contributed by atoms with E-state index in [9.17, 15) is 4.79 Å². The van der Waals surface area contributed by atoms with Gasteiger partial charge in [-0.25, -0.2) is 0 Å². The van der Waals surface area contributed by atoms with Crippen LogP contribution in [0, 0.1) is 6.92 Å². The van der Waals surface area contributed by atoms with Gasteiger partial charge in [-0.1, -0.05) is 38.1 Å². The van der Waals surface area contributed by atoms with Crippen molar-refractivity contribution in [3.8, 4) is 11.5 Å². The standard InChI is InChI=1S/C26H36N2O4/c1-18(2)23-11-6-19(3)16-25(23)32-20(4)26(29)27-17-24(28-12-14-31-15-13-28)21-7-9-22(30-5)10-8-21/h6-11,16,18,20,24H,12-15,17H2,1-5H3,(H,27,29). The van der Waals surface area contributed by atoms with Crippen LogP contribution in [0.15, 0.2) is 42.5 Å². The fourth-order valence-electron chi connectivity index (χ4n) is 3.98. The summed E-state index contributed by atoms with van der Waals surface area (Å²) in [6.07, 6.45) is -0.587. The maximum absolute atomic E-state index is 12.9. The van der Waals surface area contributed by atoms with Gasteiger partial charge in [0.1, 0.15) is 11.5 Å². The minimum Gasteiger partial charge on any atom is -0.497 e. The molecule has 1 aliphatic rings. The van der Waals surface area contributed by atoms with Gasteiger partial charge in [-0.3, -0.25) is 9.69 Å². The van der Waals surface area contributed by atoms with E-state index in [2.05, 4.69) is 48.3 Å². The summed E-state index contributed by atoms with van der Waals surface area (Å²) in [7, 11) is 1.66. The fraction of sp³-hybridized carbons (Fsp3) is 0.500. The van der Waals surface area contributed by atoms with Crippen molar-refractivity contribution in [1.82, 2.24) is 10.2 Å². The van der Waals surface area contributed by atoms with Gasteiger partial charge in [-0.05, 0) is 54.7 Å². The molecule has 2 unspecified atom stereocenters. The van der Waals surface area contributed by atoms with Gasteiger partial charge in [0, 0.05) is 19.6 Å². The third-order valence-corrected chi connectivity index (χ3v) is 5.92. The second kappa shape index (κ2) is 11.3. The number of carbonyl (C=O) groups excluding carboxylic acids is 1. The van der Waals surface area contributed by atoms with Crippen molar-refractivity contribution < 1.29 is 19.0 Å². The lowest BCUT2D eigenvalue weighted by atomic mass is 10.0. The normalized spacial score (nSPS) is 16.4. The molecular formula is C26H36N2O4. The van der Waals surface area contributed by atoms with Gasteiger partial charge in [-0.15, -0.1) is 0 Å². The molecule has 32 heavy (non-hydrogen) atoms. The SMILES string of the molecule is COc1ccc(C(CNC(=O)C(C)Oc2cc(C)ccc2C(C)C)N2CCOCC2)cc1. The Kier molecular flexibility index (Phi) is 8.53. The van der Waals surface area contributed by atoms with E-state index in [-0.39, 0.29) is 11.9 Å². The Morgan fingerprint density at radius 2 is 1.78 bits per heavy atom. The van der Waals surface area contributed by atoms with Crippen LogP contribution in [-0.4, -0.2) is 56.9 Å². The number of benzene rings is 2. The highest BCUT2D eigenvalue weighted by Gasteiger charge is 2.25. The first kappa shape index (κ1) is 24.1. The number of methoxy groups -OCH3 is 1. The third kappa shape index (κ3) is 6.24. The van der Waals surface area contributed by atoms with E-state index in [1.807, 2.05) is 25.1 Å². The number of amides is 1. The van der Waals surface area contributed by atoms with Crippen molar-refractivity contribution in [2.75, 3.05) is 40.0 Å². The quantitative estimate of drug-likeness (QED) is 0.637. The number of ether oxygens (including phenoxy) is 3. The van der Waals surface area contributed by atoms with E-state index in [1.165, 1.54) is 0 Å². The smallest absolute Gasteiger partial charge is 0.260 e. The summed E-state index contributed by atoms with van der Waals surface area (Å²) < 4.78 is 16.9. The maximum Gasteiger partial charge on any atom is 0.260 e. The number of morpholine rings is 1. The summed E-state index contributed by atoms with van der Waals surface area (Å²) >= 11 is 0. The number of nitrogens with zero attached hydrogens (tertiary/aromatic N) is 1. The highest BCUT2D eigenvalue weighted by Crippen LogP contribution is 2.28. The van der Waals surface area contributed by atoms with Crippen LogP contribution in [0.5, 0.6) is 11.5 Å². The number of nitrogens with one attached hydrogen (secondary N) is 1. The van der Waals surface area contributed by atoms with Gasteiger partial charge in [0.25, 0.3) is 5.91 Å². The first-order chi connectivity index (χ1) is 15.4. The van der Waals surface area contributed by atoms with Crippen LogP contribution in [0.2, 0.25) is 0 Å². The van der Waals surface area contributed by atoms with Crippen LogP contribution in [0.4, 0.5) is 0 Å². The number of hydrogen-bond acceptors (Lipinski definition) is 5. The van der Waals surface area contributed by atoms with Crippen molar-refractivity contribution in [3.63, 3.8) is 0 Å². The van der Waals surface area contributed by atoms with Crippen LogP contribution < -0.4 is 14.8 Å². The molecule has 0 radical (unpaired) electrons. The summed E-state index contributed by atoms with van der Waals surface area (Å²) in [5.74, 6) is 1.80. The van der Waals surface area contributed by atoms with Gasteiger partial charge in [0.2, 0.25) is 0 Å². The Bertz CT molecular complexity index is 876. The fourth-order valence-corrected chi connectivity index (χ4v) is 3.98. The van der Waals surface area contributed by atoms with Crippen LogP contribution in [-0.2, 0) is 9.53 Å². The summed E-state index contributed by atoms with van der Waals surface area (Å²) in [6.45, 7) is 11.7. The third-order valence-electron chi connectivity index (χ3n) is 5.92. The first-order valence-corrected chi connectivity index (χ1v) is 11.4. The van der Waals surface area contributed by atoms with Gasteiger partial charge in [0.05, 0.1) is 26.4 Å². The Morgan fingerprint density at radius 1 is 1.09 bits per heavy atom. The average Bonchev–Trinajstić information content (AvgIpc) is 2.80. The van der Waals surface area contributed by atoms with Crippen molar-refractivity contribution in [3.05, 3.63) is 59.2 Å². The van der Waals surface area contributed by atoms with E-state index in [4.69, 9.17) is 14.2 Å². The lowest BCUT2D eigenvalue weighted by Gasteiger charge is -2.35.